The van der Waals surface area contributed by atoms with E-state index in [-0.39, 0.29) is 17.2 Å². The van der Waals surface area contributed by atoms with Gasteiger partial charge in [0.2, 0.25) is 0 Å². The fourth-order valence-corrected chi connectivity index (χ4v) is 3.65. The lowest BCUT2D eigenvalue weighted by Crippen LogP contribution is -2.48. The molecule has 3 heteroatoms. The highest BCUT2D eigenvalue weighted by atomic mass is 19.1. The Kier molecular flexibility index (Phi) is 1.88. The zero-order chi connectivity index (χ0) is 11.3. The molecule has 2 nitrogen and oxygen atoms in total. The standard InChI is InChI=1S/C13H13FO2/c14-10-3-1-2-9(6-10)13-5-4-8(7-13)11(13)12(15)16/h1-3,6,8,11H,4-5,7H2,(H,15,16). The number of carboxylic acids is 1. The predicted octanol–water partition coefficient (Wildman–Crippen LogP) is 2.58. The number of fused-ring (bicyclic) bond motifs is 1. The molecule has 0 spiro atoms. The van der Waals surface area contributed by atoms with Crippen LogP contribution in [0.2, 0.25) is 0 Å². The van der Waals surface area contributed by atoms with Crippen LogP contribution in [0.3, 0.4) is 0 Å². The molecule has 1 N–H and O–H groups in total. The summed E-state index contributed by atoms with van der Waals surface area (Å²) in [7, 11) is 0. The summed E-state index contributed by atoms with van der Waals surface area (Å²) in [6.45, 7) is 0. The van der Waals surface area contributed by atoms with Gasteiger partial charge in [-0.3, -0.25) is 4.79 Å². The van der Waals surface area contributed by atoms with Gasteiger partial charge in [0.15, 0.2) is 0 Å². The minimum Gasteiger partial charge on any atom is -0.481 e. The van der Waals surface area contributed by atoms with E-state index in [1.807, 2.05) is 6.07 Å². The van der Waals surface area contributed by atoms with Crippen LogP contribution in [0.25, 0.3) is 0 Å². The van der Waals surface area contributed by atoms with E-state index in [1.165, 1.54) is 12.1 Å². The van der Waals surface area contributed by atoms with Crippen molar-refractivity contribution >= 4 is 5.97 Å². The molecule has 3 fully saturated rings. The van der Waals surface area contributed by atoms with Crippen molar-refractivity contribution in [3.8, 4) is 0 Å². The summed E-state index contributed by atoms with van der Waals surface area (Å²) >= 11 is 0. The topological polar surface area (TPSA) is 37.3 Å². The molecular weight excluding hydrogens is 207 g/mol. The summed E-state index contributed by atoms with van der Waals surface area (Å²) in [4.78, 5) is 11.2. The van der Waals surface area contributed by atoms with E-state index in [9.17, 15) is 14.3 Å². The maximum Gasteiger partial charge on any atom is 0.307 e. The third-order valence-corrected chi connectivity index (χ3v) is 4.32. The highest BCUT2D eigenvalue weighted by Gasteiger charge is 2.62. The lowest BCUT2D eigenvalue weighted by molar-refractivity contribution is -0.150. The van der Waals surface area contributed by atoms with Crippen LogP contribution in [0, 0.1) is 17.7 Å². The van der Waals surface area contributed by atoms with Gasteiger partial charge in [0.25, 0.3) is 0 Å². The van der Waals surface area contributed by atoms with E-state index in [2.05, 4.69) is 0 Å². The SMILES string of the molecule is O=C(O)C1C2CCC1(c1cccc(F)c1)C2. The van der Waals surface area contributed by atoms with Crippen molar-refractivity contribution < 1.29 is 14.3 Å². The first-order valence-corrected chi connectivity index (χ1v) is 5.62. The normalized spacial score (nSPS) is 35.8. The predicted molar refractivity (Wildman–Crippen MR) is 56.5 cm³/mol. The van der Waals surface area contributed by atoms with Crippen molar-refractivity contribution in [1.29, 1.82) is 0 Å². The summed E-state index contributed by atoms with van der Waals surface area (Å²) < 4.78 is 13.2. The van der Waals surface area contributed by atoms with Gasteiger partial charge in [-0.1, -0.05) is 12.1 Å². The van der Waals surface area contributed by atoms with E-state index in [4.69, 9.17) is 0 Å². The maximum atomic E-state index is 13.2. The first-order valence-electron chi connectivity index (χ1n) is 5.62. The molecule has 1 aromatic rings. The molecule has 3 saturated carbocycles. The Morgan fingerprint density at radius 2 is 2.31 bits per heavy atom. The zero-order valence-electron chi connectivity index (χ0n) is 8.82. The van der Waals surface area contributed by atoms with Crippen molar-refractivity contribution in [2.24, 2.45) is 11.8 Å². The summed E-state index contributed by atoms with van der Waals surface area (Å²) in [5, 5.41) is 9.22. The largest absolute Gasteiger partial charge is 0.481 e. The fraction of sp³-hybridized carbons (Fsp3) is 0.462. The van der Waals surface area contributed by atoms with E-state index < -0.39 is 5.97 Å². The molecule has 4 rings (SSSR count). The highest BCUT2D eigenvalue weighted by Crippen LogP contribution is 2.63. The Hall–Kier alpha value is -1.38. The van der Waals surface area contributed by atoms with Gasteiger partial charge in [-0.25, -0.2) is 4.39 Å². The van der Waals surface area contributed by atoms with E-state index in [0.717, 1.165) is 24.8 Å². The molecule has 0 saturated heterocycles. The second-order valence-corrected chi connectivity index (χ2v) is 4.99. The summed E-state index contributed by atoms with van der Waals surface area (Å²) in [5.41, 5.74) is 0.590. The number of benzene rings is 1. The number of aliphatic carboxylic acids is 1. The van der Waals surface area contributed by atoms with Crippen LogP contribution in [0.4, 0.5) is 4.39 Å². The Balaban J connectivity index is 2.03. The minimum atomic E-state index is -0.724. The molecule has 3 aliphatic carbocycles. The van der Waals surface area contributed by atoms with Crippen LogP contribution in [0.1, 0.15) is 24.8 Å². The number of halogens is 1. The van der Waals surface area contributed by atoms with Gasteiger partial charge in [-0.15, -0.1) is 0 Å². The monoisotopic (exact) mass is 220 g/mol. The van der Waals surface area contributed by atoms with Gasteiger partial charge < -0.3 is 5.11 Å². The molecule has 3 aliphatic rings. The van der Waals surface area contributed by atoms with Crippen LogP contribution in [0.15, 0.2) is 24.3 Å². The zero-order valence-corrected chi connectivity index (χ0v) is 8.82. The molecule has 3 atom stereocenters. The first kappa shape index (κ1) is 9.82. The molecule has 0 aliphatic heterocycles. The van der Waals surface area contributed by atoms with Gasteiger partial charge in [-0.2, -0.15) is 0 Å². The Labute approximate surface area is 93.1 Å². The van der Waals surface area contributed by atoms with Gasteiger partial charge in [0.1, 0.15) is 5.82 Å². The molecule has 84 valence electrons. The first-order chi connectivity index (χ1) is 7.63. The van der Waals surface area contributed by atoms with Crippen molar-refractivity contribution in [2.75, 3.05) is 0 Å². The Morgan fingerprint density at radius 3 is 2.94 bits per heavy atom. The Morgan fingerprint density at radius 1 is 1.50 bits per heavy atom. The van der Waals surface area contributed by atoms with Crippen LogP contribution < -0.4 is 0 Å². The smallest absolute Gasteiger partial charge is 0.307 e. The number of hydrogen-bond donors (Lipinski definition) is 1. The molecular formula is C13H13FO2. The van der Waals surface area contributed by atoms with Crippen molar-refractivity contribution in [3.63, 3.8) is 0 Å². The lowest BCUT2D eigenvalue weighted by atomic mass is 9.57. The van der Waals surface area contributed by atoms with E-state index in [1.54, 1.807) is 6.07 Å². The molecule has 0 aromatic heterocycles. The average molecular weight is 220 g/mol. The summed E-state index contributed by atoms with van der Waals surface area (Å²) in [6.07, 6.45) is 2.76. The molecule has 0 radical (unpaired) electrons. The van der Waals surface area contributed by atoms with Gasteiger partial charge >= 0.3 is 5.97 Å². The van der Waals surface area contributed by atoms with Gasteiger partial charge in [0, 0.05) is 5.41 Å². The summed E-state index contributed by atoms with van der Waals surface area (Å²) in [6, 6.07) is 6.43. The Bertz CT molecular complexity index is 453. The molecule has 1 aromatic carbocycles. The van der Waals surface area contributed by atoms with E-state index in [0.29, 0.717) is 5.92 Å². The maximum absolute atomic E-state index is 13.2. The molecule has 3 unspecified atom stereocenters. The minimum absolute atomic E-state index is 0.272. The molecule has 2 bridgehead atoms. The highest BCUT2D eigenvalue weighted by molar-refractivity contribution is 5.75. The third-order valence-electron chi connectivity index (χ3n) is 4.32. The quantitative estimate of drug-likeness (QED) is 0.831. The molecule has 0 amide bonds. The number of carboxylic acid groups (broad SMARTS) is 1. The van der Waals surface area contributed by atoms with Crippen LogP contribution in [0.5, 0.6) is 0 Å². The van der Waals surface area contributed by atoms with E-state index >= 15 is 0 Å². The molecule has 0 heterocycles. The van der Waals surface area contributed by atoms with Crippen molar-refractivity contribution in [2.45, 2.75) is 24.7 Å². The summed E-state index contributed by atoms with van der Waals surface area (Å²) in [5.74, 6) is -0.987. The number of hydrogen-bond acceptors (Lipinski definition) is 1. The van der Waals surface area contributed by atoms with Gasteiger partial charge in [-0.05, 0) is 42.9 Å². The second-order valence-electron chi connectivity index (χ2n) is 4.99. The van der Waals surface area contributed by atoms with Crippen LogP contribution in [-0.2, 0) is 10.2 Å². The van der Waals surface area contributed by atoms with Gasteiger partial charge in [0.05, 0.1) is 5.92 Å². The molecule has 16 heavy (non-hydrogen) atoms. The third kappa shape index (κ3) is 1.09. The number of rotatable bonds is 2. The fourth-order valence-electron chi connectivity index (χ4n) is 3.65. The van der Waals surface area contributed by atoms with Crippen LogP contribution >= 0.6 is 0 Å². The number of carbonyl (C=O) groups is 1. The van der Waals surface area contributed by atoms with Crippen molar-refractivity contribution in [1.82, 2.24) is 0 Å². The van der Waals surface area contributed by atoms with Crippen LogP contribution in [-0.4, -0.2) is 11.1 Å². The average Bonchev–Trinajstić information content (AvgIpc) is 2.74. The second kappa shape index (κ2) is 3.06. The lowest BCUT2D eigenvalue weighted by Gasteiger charge is -2.45. The van der Waals surface area contributed by atoms with Crippen molar-refractivity contribution in [3.05, 3.63) is 35.6 Å².